The topological polar surface area (TPSA) is 42.9 Å². The molecule has 1 atom stereocenters. The summed E-state index contributed by atoms with van der Waals surface area (Å²) in [4.78, 5) is 9.61. The molecule has 1 unspecified atom stereocenters. The zero-order valence-corrected chi connectivity index (χ0v) is 18.2. The average Bonchev–Trinajstić information content (AvgIpc) is 3.23. The first-order valence-corrected chi connectivity index (χ1v) is 11.3. The Labute approximate surface area is 175 Å². The number of benzene rings is 1. The maximum atomic E-state index is 6.27. The number of rotatable bonds is 7. The van der Waals surface area contributed by atoms with Crippen molar-refractivity contribution >= 4 is 17.6 Å². The van der Waals surface area contributed by atoms with Crippen molar-refractivity contribution in [3.05, 3.63) is 34.9 Å². The van der Waals surface area contributed by atoms with Gasteiger partial charge in [-0.15, -0.1) is 0 Å². The summed E-state index contributed by atoms with van der Waals surface area (Å²) in [6.45, 7) is 8.99. The predicted octanol–water partition coefficient (Wildman–Crippen LogP) is 3.52. The molecular weight excluding hydrogens is 370 g/mol. The second-order valence-corrected chi connectivity index (χ2v) is 8.46. The zero-order chi connectivity index (χ0) is 19.8. The summed E-state index contributed by atoms with van der Waals surface area (Å²) in [6.07, 6.45) is 6.17. The summed E-state index contributed by atoms with van der Waals surface area (Å²) in [5, 5.41) is 8.04. The quantitative estimate of drug-likeness (QED) is 0.538. The van der Waals surface area contributed by atoms with Gasteiger partial charge in [-0.25, -0.2) is 0 Å². The van der Waals surface area contributed by atoms with Crippen LogP contribution in [0.3, 0.4) is 0 Å². The van der Waals surface area contributed by atoms with Crippen LogP contribution in [0, 0.1) is 0 Å². The van der Waals surface area contributed by atoms with Gasteiger partial charge in [0.15, 0.2) is 5.96 Å². The van der Waals surface area contributed by atoms with E-state index in [0.717, 1.165) is 30.6 Å². The van der Waals surface area contributed by atoms with Crippen molar-refractivity contribution < 1.29 is 0 Å². The predicted molar refractivity (Wildman–Crippen MR) is 119 cm³/mol. The van der Waals surface area contributed by atoms with Crippen LogP contribution in [0.15, 0.2) is 29.3 Å². The molecule has 156 valence electrons. The zero-order valence-electron chi connectivity index (χ0n) is 17.5. The molecule has 3 rings (SSSR count). The Morgan fingerprint density at radius 2 is 1.96 bits per heavy atom. The summed E-state index contributed by atoms with van der Waals surface area (Å²) >= 11 is 6.27. The Balaban J connectivity index is 1.55. The Kier molecular flexibility index (Phi) is 8.44. The number of nitrogens with one attached hydrogen (secondary N) is 2. The standard InChI is InChI=1S/C22H36ClN5/c1-3-11-27-14-9-20(10-15-27)26-22(24-2)25-17-21(28-12-4-5-13-28)18-7-6-8-19(23)16-18/h6-8,16,20-21H,3-5,9-15,17H2,1-2H3,(H2,24,25,26). The van der Waals surface area contributed by atoms with Crippen molar-refractivity contribution in [1.82, 2.24) is 20.4 Å². The SMILES string of the molecule is CCCN1CCC(NC(=NC)NCC(c2cccc(Cl)c2)N2CCCC2)CC1. The molecule has 5 nitrogen and oxygen atoms in total. The highest BCUT2D eigenvalue weighted by molar-refractivity contribution is 6.30. The van der Waals surface area contributed by atoms with Crippen LogP contribution in [0.4, 0.5) is 0 Å². The molecule has 28 heavy (non-hydrogen) atoms. The molecular formula is C22H36ClN5. The minimum absolute atomic E-state index is 0.325. The van der Waals surface area contributed by atoms with E-state index >= 15 is 0 Å². The largest absolute Gasteiger partial charge is 0.354 e. The van der Waals surface area contributed by atoms with E-state index in [0.29, 0.717) is 12.1 Å². The molecule has 2 heterocycles. The number of halogens is 1. The van der Waals surface area contributed by atoms with Crippen molar-refractivity contribution in [1.29, 1.82) is 0 Å². The Hall–Kier alpha value is -1.30. The Morgan fingerprint density at radius 3 is 2.61 bits per heavy atom. The maximum absolute atomic E-state index is 6.27. The van der Waals surface area contributed by atoms with Gasteiger partial charge in [-0.2, -0.15) is 0 Å². The van der Waals surface area contributed by atoms with Crippen LogP contribution in [-0.2, 0) is 0 Å². The highest BCUT2D eigenvalue weighted by Crippen LogP contribution is 2.26. The highest BCUT2D eigenvalue weighted by Gasteiger charge is 2.25. The van der Waals surface area contributed by atoms with Gasteiger partial charge in [0.05, 0.1) is 6.04 Å². The Bertz CT molecular complexity index is 621. The molecule has 2 fully saturated rings. The van der Waals surface area contributed by atoms with E-state index in [4.69, 9.17) is 11.6 Å². The number of nitrogens with zero attached hydrogens (tertiary/aromatic N) is 3. The molecule has 1 aromatic carbocycles. The third kappa shape index (κ3) is 6.10. The van der Waals surface area contributed by atoms with Crippen molar-refractivity contribution in [3.63, 3.8) is 0 Å². The fraction of sp³-hybridized carbons (Fsp3) is 0.682. The van der Waals surface area contributed by atoms with Crippen molar-refractivity contribution in [2.24, 2.45) is 4.99 Å². The van der Waals surface area contributed by atoms with Crippen LogP contribution >= 0.6 is 11.6 Å². The van der Waals surface area contributed by atoms with Crippen LogP contribution < -0.4 is 10.6 Å². The van der Waals surface area contributed by atoms with E-state index in [2.05, 4.69) is 50.5 Å². The molecule has 2 saturated heterocycles. The second kappa shape index (κ2) is 11.0. The fourth-order valence-electron chi connectivity index (χ4n) is 4.42. The number of guanidine groups is 1. The first-order valence-electron chi connectivity index (χ1n) is 10.9. The molecule has 2 aliphatic heterocycles. The smallest absolute Gasteiger partial charge is 0.191 e. The van der Waals surface area contributed by atoms with Gasteiger partial charge >= 0.3 is 0 Å². The molecule has 0 saturated carbocycles. The first kappa shape index (κ1) is 21.4. The molecule has 2 aliphatic rings. The molecule has 2 N–H and O–H groups in total. The third-order valence-corrected chi connectivity index (χ3v) is 6.20. The molecule has 0 aromatic heterocycles. The molecule has 1 aromatic rings. The van der Waals surface area contributed by atoms with Crippen LogP contribution in [0.2, 0.25) is 5.02 Å². The lowest BCUT2D eigenvalue weighted by Crippen LogP contribution is -2.50. The number of hydrogen-bond donors (Lipinski definition) is 2. The summed E-state index contributed by atoms with van der Waals surface area (Å²) in [5.41, 5.74) is 1.28. The summed E-state index contributed by atoms with van der Waals surface area (Å²) in [6, 6.07) is 9.13. The minimum atomic E-state index is 0.325. The van der Waals surface area contributed by atoms with Crippen molar-refractivity contribution in [2.75, 3.05) is 46.3 Å². The molecule has 0 radical (unpaired) electrons. The van der Waals surface area contributed by atoms with Gasteiger partial charge in [0, 0.05) is 37.7 Å². The summed E-state index contributed by atoms with van der Waals surface area (Å²) in [5.74, 6) is 0.917. The van der Waals surface area contributed by atoms with Gasteiger partial charge in [-0.3, -0.25) is 9.89 Å². The number of aliphatic imine (C=N–C) groups is 1. The van der Waals surface area contributed by atoms with E-state index < -0.39 is 0 Å². The molecule has 0 spiro atoms. The summed E-state index contributed by atoms with van der Waals surface area (Å²) < 4.78 is 0. The highest BCUT2D eigenvalue weighted by atomic mass is 35.5. The number of piperidine rings is 1. The lowest BCUT2D eigenvalue weighted by atomic mass is 10.0. The van der Waals surface area contributed by atoms with Crippen molar-refractivity contribution in [3.8, 4) is 0 Å². The maximum Gasteiger partial charge on any atom is 0.191 e. The minimum Gasteiger partial charge on any atom is -0.354 e. The van der Waals surface area contributed by atoms with Gasteiger partial charge in [0.25, 0.3) is 0 Å². The van der Waals surface area contributed by atoms with Crippen LogP contribution in [-0.4, -0.2) is 68.1 Å². The van der Waals surface area contributed by atoms with E-state index in [1.54, 1.807) is 0 Å². The van der Waals surface area contributed by atoms with Crippen LogP contribution in [0.5, 0.6) is 0 Å². The molecule has 0 aliphatic carbocycles. The Morgan fingerprint density at radius 1 is 1.21 bits per heavy atom. The van der Waals surface area contributed by atoms with Gasteiger partial charge < -0.3 is 15.5 Å². The van der Waals surface area contributed by atoms with Crippen LogP contribution in [0.25, 0.3) is 0 Å². The van der Waals surface area contributed by atoms with E-state index in [-0.39, 0.29) is 0 Å². The molecule has 6 heteroatoms. The fourth-order valence-corrected chi connectivity index (χ4v) is 4.62. The lowest BCUT2D eigenvalue weighted by molar-refractivity contribution is 0.206. The van der Waals surface area contributed by atoms with Gasteiger partial charge in [-0.1, -0.05) is 30.7 Å². The van der Waals surface area contributed by atoms with E-state index in [9.17, 15) is 0 Å². The normalized spacial score (nSPS) is 21.0. The second-order valence-electron chi connectivity index (χ2n) is 8.03. The van der Waals surface area contributed by atoms with E-state index in [1.165, 1.54) is 57.3 Å². The third-order valence-electron chi connectivity index (χ3n) is 5.97. The molecule has 0 bridgehead atoms. The number of likely N-dealkylation sites (tertiary alicyclic amines) is 2. The van der Waals surface area contributed by atoms with Crippen LogP contribution in [0.1, 0.15) is 50.6 Å². The van der Waals surface area contributed by atoms with Crippen molar-refractivity contribution in [2.45, 2.75) is 51.1 Å². The van der Waals surface area contributed by atoms with Gasteiger partial charge in [-0.05, 0) is 69.4 Å². The van der Waals surface area contributed by atoms with Gasteiger partial charge in [0.2, 0.25) is 0 Å². The van der Waals surface area contributed by atoms with Gasteiger partial charge in [0.1, 0.15) is 0 Å². The monoisotopic (exact) mass is 405 g/mol. The summed E-state index contributed by atoms with van der Waals surface area (Å²) in [7, 11) is 1.87. The number of hydrogen-bond acceptors (Lipinski definition) is 3. The van der Waals surface area contributed by atoms with E-state index in [1.807, 2.05) is 13.1 Å². The lowest BCUT2D eigenvalue weighted by Gasteiger charge is -2.33. The average molecular weight is 406 g/mol. The molecule has 0 amide bonds. The first-order chi connectivity index (χ1) is 13.7.